The number of fused-ring (bicyclic) bond motifs is 3. The number of hydrogen-bond acceptors (Lipinski definition) is 1. The SMILES string of the molecule is c1ccc(-c2cc(-c3ccccc3)cc(-c3c(-c4ccccc4)nn4c(-c5ccccc5)cc5cc(-c6ccccc6)c(-c6ccccc6)cc5c34)c2)cc1. The third-order valence-corrected chi connectivity index (χ3v) is 10.6. The molecule has 0 aliphatic carbocycles. The van der Waals surface area contributed by atoms with Crippen LogP contribution in [0.2, 0.25) is 0 Å². The van der Waals surface area contributed by atoms with Gasteiger partial charge in [-0.25, -0.2) is 4.52 Å². The quantitative estimate of drug-likeness (QED) is 0.162. The van der Waals surface area contributed by atoms with E-state index in [1.807, 2.05) is 0 Å². The van der Waals surface area contributed by atoms with Crippen LogP contribution in [0.1, 0.15) is 0 Å². The maximum atomic E-state index is 5.59. The first kappa shape index (κ1) is 32.4. The molecule has 0 bridgehead atoms. The summed E-state index contributed by atoms with van der Waals surface area (Å²) in [6.07, 6.45) is 0. The van der Waals surface area contributed by atoms with E-state index in [4.69, 9.17) is 5.10 Å². The van der Waals surface area contributed by atoms with Crippen LogP contribution < -0.4 is 0 Å². The van der Waals surface area contributed by atoms with Crippen LogP contribution in [0.25, 0.3) is 94.4 Å². The molecule has 10 rings (SSSR count). The maximum absolute atomic E-state index is 5.59. The first-order valence-electron chi connectivity index (χ1n) is 18.8. The van der Waals surface area contributed by atoms with Crippen LogP contribution in [0.15, 0.2) is 218 Å². The van der Waals surface area contributed by atoms with Crippen LogP contribution in [0.3, 0.4) is 0 Å². The second-order valence-electron chi connectivity index (χ2n) is 14.0. The Balaban J connectivity index is 1.38. The summed E-state index contributed by atoms with van der Waals surface area (Å²) in [5.74, 6) is 0. The van der Waals surface area contributed by atoms with Crippen molar-refractivity contribution in [3.8, 4) is 78.1 Å². The van der Waals surface area contributed by atoms with Gasteiger partial charge in [-0.15, -0.1) is 0 Å². The van der Waals surface area contributed by atoms with Gasteiger partial charge < -0.3 is 0 Å². The summed E-state index contributed by atoms with van der Waals surface area (Å²) in [5, 5.41) is 7.90. The minimum Gasteiger partial charge on any atom is -0.231 e. The van der Waals surface area contributed by atoms with Crippen LogP contribution in [-0.4, -0.2) is 9.61 Å². The lowest BCUT2D eigenvalue weighted by Gasteiger charge is -2.17. The van der Waals surface area contributed by atoms with E-state index < -0.39 is 0 Å². The zero-order valence-electron chi connectivity index (χ0n) is 30.2. The number of aromatic nitrogens is 2. The molecule has 0 radical (unpaired) electrons. The van der Waals surface area contributed by atoms with Crippen molar-refractivity contribution in [1.29, 1.82) is 0 Å². The van der Waals surface area contributed by atoms with Crippen LogP contribution >= 0.6 is 0 Å². The van der Waals surface area contributed by atoms with Gasteiger partial charge in [0.05, 0.1) is 11.2 Å². The average molecular weight is 701 g/mol. The molecule has 2 aromatic heterocycles. The summed E-state index contributed by atoms with van der Waals surface area (Å²) >= 11 is 0. The molecule has 0 atom stereocenters. The van der Waals surface area contributed by atoms with E-state index in [1.54, 1.807) is 0 Å². The Labute approximate surface area is 321 Å². The highest BCUT2D eigenvalue weighted by molar-refractivity contribution is 6.12. The fourth-order valence-electron chi connectivity index (χ4n) is 7.96. The van der Waals surface area contributed by atoms with Crippen molar-refractivity contribution < 1.29 is 0 Å². The van der Waals surface area contributed by atoms with E-state index in [0.29, 0.717) is 0 Å². The lowest BCUT2D eigenvalue weighted by molar-refractivity contribution is 0.979. The molecule has 2 heterocycles. The van der Waals surface area contributed by atoms with Gasteiger partial charge in [0.25, 0.3) is 0 Å². The van der Waals surface area contributed by atoms with Gasteiger partial charge >= 0.3 is 0 Å². The normalized spacial score (nSPS) is 11.3. The minimum absolute atomic E-state index is 0.947. The largest absolute Gasteiger partial charge is 0.231 e. The molecule has 55 heavy (non-hydrogen) atoms. The summed E-state index contributed by atoms with van der Waals surface area (Å²) in [6.45, 7) is 0. The van der Waals surface area contributed by atoms with Crippen molar-refractivity contribution in [3.63, 3.8) is 0 Å². The summed E-state index contributed by atoms with van der Waals surface area (Å²) in [4.78, 5) is 0. The first-order valence-corrected chi connectivity index (χ1v) is 18.8. The Bertz CT molecular complexity index is 2860. The van der Waals surface area contributed by atoms with E-state index in [-0.39, 0.29) is 0 Å². The average Bonchev–Trinajstić information content (AvgIpc) is 3.69. The standard InChI is InChI=1S/C53H36N2/c1-7-19-37(20-8-1)43-31-44(38-21-9-2-10-22-38)33-46(32-43)51-52(42-29-17-6-18-30-42)54-55-50(41-27-15-5-16-28-41)35-45-34-47(39-23-11-3-12-24-39)48(36-49(45)53(51)55)40-25-13-4-14-26-40/h1-36H. The van der Waals surface area contributed by atoms with Gasteiger partial charge in [0.15, 0.2) is 0 Å². The van der Waals surface area contributed by atoms with E-state index >= 15 is 0 Å². The molecule has 0 saturated heterocycles. The van der Waals surface area contributed by atoms with Crippen LogP contribution in [0, 0.1) is 0 Å². The highest BCUT2D eigenvalue weighted by Crippen LogP contribution is 2.45. The maximum Gasteiger partial charge on any atom is 0.101 e. The molecule has 2 nitrogen and oxygen atoms in total. The van der Waals surface area contributed by atoms with E-state index in [9.17, 15) is 0 Å². The molecule has 0 spiro atoms. The van der Waals surface area contributed by atoms with Crippen molar-refractivity contribution in [1.82, 2.24) is 9.61 Å². The third kappa shape index (κ3) is 6.00. The predicted octanol–water partition coefficient (Wildman–Crippen LogP) is 14.2. The number of rotatable bonds is 7. The lowest BCUT2D eigenvalue weighted by atomic mass is 9.88. The lowest BCUT2D eigenvalue weighted by Crippen LogP contribution is -1.97. The fraction of sp³-hybridized carbons (Fsp3) is 0. The molecule has 8 aromatic carbocycles. The molecular weight excluding hydrogens is 665 g/mol. The Morgan fingerprint density at radius 2 is 0.709 bits per heavy atom. The second-order valence-corrected chi connectivity index (χ2v) is 14.0. The first-order chi connectivity index (χ1) is 27.3. The van der Waals surface area contributed by atoms with Crippen molar-refractivity contribution in [2.24, 2.45) is 0 Å². The van der Waals surface area contributed by atoms with Crippen molar-refractivity contribution in [2.45, 2.75) is 0 Å². The molecule has 0 N–H and O–H groups in total. The molecule has 0 fully saturated rings. The van der Waals surface area contributed by atoms with Crippen molar-refractivity contribution in [2.75, 3.05) is 0 Å². The summed E-state index contributed by atoms with van der Waals surface area (Å²) < 4.78 is 2.20. The monoisotopic (exact) mass is 700 g/mol. The minimum atomic E-state index is 0.947. The summed E-state index contributed by atoms with van der Waals surface area (Å²) in [5.41, 5.74) is 16.9. The van der Waals surface area contributed by atoms with Gasteiger partial charge in [0.2, 0.25) is 0 Å². The van der Waals surface area contributed by atoms with Crippen LogP contribution in [0.4, 0.5) is 0 Å². The molecule has 258 valence electrons. The highest BCUT2D eigenvalue weighted by atomic mass is 15.2. The number of pyridine rings is 1. The number of benzene rings is 8. The zero-order chi connectivity index (χ0) is 36.6. The molecule has 0 aliphatic heterocycles. The highest BCUT2D eigenvalue weighted by Gasteiger charge is 2.24. The molecular formula is C53H36N2. The number of nitrogens with zero attached hydrogens (tertiary/aromatic N) is 2. The topological polar surface area (TPSA) is 17.3 Å². The van der Waals surface area contributed by atoms with Crippen LogP contribution in [-0.2, 0) is 0 Å². The van der Waals surface area contributed by atoms with Crippen LogP contribution in [0.5, 0.6) is 0 Å². The van der Waals surface area contributed by atoms with E-state index in [1.165, 1.54) is 33.4 Å². The van der Waals surface area contributed by atoms with Gasteiger partial charge in [0, 0.05) is 22.1 Å². The summed E-state index contributed by atoms with van der Waals surface area (Å²) in [6, 6.07) is 78.3. The second kappa shape index (κ2) is 13.9. The Hall–Kier alpha value is -7.29. The van der Waals surface area contributed by atoms with Crippen molar-refractivity contribution >= 4 is 16.3 Å². The van der Waals surface area contributed by atoms with Gasteiger partial charge in [-0.3, -0.25) is 0 Å². The Kier molecular flexibility index (Phi) is 8.20. The fourth-order valence-corrected chi connectivity index (χ4v) is 7.96. The molecule has 2 heteroatoms. The Morgan fingerprint density at radius 1 is 0.309 bits per heavy atom. The van der Waals surface area contributed by atoms with Crippen molar-refractivity contribution in [3.05, 3.63) is 218 Å². The van der Waals surface area contributed by atoms with Gasteiger partial charge in [-0.1, -0.05) is 182 Å². The van der Waals surface area contributed by atoms with Gasteiger partial charge in [-0.05, 0) is 91.9 Å². The van der Waals surface area contributed by atoms with E-state index in [0.717, 1.165) is 61.1 Å². The molecule has 0 saturated carbocycles. The van der Waals surface area contributed by atoms with Gasteiger partial charge in [-0.2, -0.15) is 5.10 Å². The Morgan fingerprint density at radius 3 is 1.20 bits per heavy atom. The molecule has 0 amide bonds. The van der Waals surface area contributed by atoms with E-state index in [2.05, 4.69) is 223 Å². The summed E-state index contributed by atoms with van der Waals surface area (Å²) in [7, 11) is 0. The molecule has 10 aromatic rings. The molecule has 0 unspecified atom stereocenters. The number of hydrogen-bond donors (Lipinski definition) is 0. The third-order valence-electron chi connectivity index (χ3n) is 10.6. The molecule has 0 aliphatic rings. The zero-order valence-corrected chi connectivity index (χ0v) is 30.2. The van der Waals surface area contributed by atoms with Gasteiger partial charge in [0.1, 0.15) is 5.69 Å². The predicted molar refractivity (Wildman–Crippen MR) is 231 cm³/mol. The smallest absolute Gasteiger partial charge is 0.101 e.